The third-order valence-corrected chi connectivity index (χ3v) is 5.40. The van der Waals surface area contributed by atoms with E-state index in [2.05, 4.69) is 0 Å². The molecule has 0 spiro atoms. The minimum absolute atomic E-state index is 0.136. The van der Waals surface area contributed by atoms with E-state index in [-0.39, 0.29) is 5.75 Å². The summed E-state index contributed by atoms with van der Waals surface area (Å²) >= 11 is 7.14. The van der Waals surface area contributed by atoms with Crippen molar-refractivity contribution in [1.82, 2.24) is 4.31 Å². The number of sulfonamides is 1. The molecule has 0 fully saturated rings. The van der Waals surface area contributed by atoms with Crippen LogP contribution in [0.2, 0.25) is 0 Å². The van der Waals surface area contributed by atoms with Crippen LogP contribution in [-0.2, 0) is 16.4 Å². The molecule has 1 aromatic rings. The van der Waals surface area contributed by atoms with Crippen LogP contribution in [0.25, 0.3) is 0 Å². The van der Waals surface area contributed by atoms with E-state index in [1.54, 1.807) is 18.4 Å². The van der Waals surface area contributed by atoms with Crippen molar-refractivity contribution < 1.29 is 8.42 Å². The predicted molar refractivity (Wildman–Crippen MR) is 69.8 cm³/mol. The van der Waals surface area contributed by atoms with Gasteiger partial charge in [0.2, 0.25) is 10.0 Å². The van der Waals surface area contributed by atoms with E-state index in [1.807, 2.05) is 17.5 Å². The molecule has 0 bridgehead atoms. The van der Waals surface area contributed by atoms with Crippen LogP contribution in [0.1, 0.15) is 11.3 Å². The largest absolute Gasteiger partial charge is 0.213 e. The number of rotatable bonds is 7. The number of halogens is 1. The molecule has 0 saturated carbocycles. The molecule has 1 heterocycles. The van der Waals surface area contributed by atoms with Gasteiger partial charge < -0.3 is 0 Å². The molecule has 16 heavy (non-hydrogen) atoms. The van der Waals surface area contributed by atoms with Crippen LogP contribution in [0, 0.1) is 0 Å². The summed E-state index contributed by atoms with van der Waals surface area (Å²) in [5, 5.41) is 2.00. The lowest BCUT2D eigenvalue weighted by atomic mass is 10.3. The highest BCUT2D eigenvalue weighted by Crippen LogP contribution is 2.11. The first-order chi connectivity index (χ1) is 7.56. The monoisotopic (exact) mass is 281 g/mol. The minimum atomic E-state index is -3.12. The molecule has 0 radical (unpaired) electrons. The van der Waals surface area contributed by atoms with Gasteiger partial charge in [0.25, 0.3) is 0 Å². The second-order valence-electron chi connectivity index (χ2n) is 3.51. The SMILES string of the molecule is CN(CCc1cccs1)S(=O)(=O)CCCCl. The third kappa shape index (κ3) is 4.41. The Balaban J connectivity index is 2.42. The Kier molecular flexibility index (Phi) is 5.75. The van der Waals surface area contributed by atoms with Gasteiger partial charge >= 0.3 is 0 Å². The van der Waals surface area contributed by atoms with Crippen molar-refractivity contribution >= 4 is 33.0 Å². The fourth-order valence-corrected chi connectivity index (χ4v) is 3.43. The minimum Gasteiger partial charge on any atom is -0.212 e. The summed E-state index contributed by atoms with van der Waals surface area (Å²) in [5.74, 6) is 0.523. The normalized spacial score (nSPS) is 12.2. The van der Waals surface area contributed by atoms with Crippen molar-refractivity contribution in [2.24, 2.45) is 0 Å². The van der Waals surface area contributed by atoms with Crippen LogP contribution >= 0.6 is 22.9 Å². The van der Waals surface area contributed by atoms with Crippen molar-refractivity contribution in [1.29, 1.82) is 0 Å². The summed E-state index contributed by atoms with van der Waals surface area (Å²) in [6.45, 7) is 0.533. The number of nitrogens with zero attached hydrogens (tertiary/aromatic N) is 1. The maximum Gasteiger partial charge on any atom is 0.213 e. The van der Waals surface area contributed by atoms with E-state index in [0.717, 1.165) is 6.42 Å². The molecule has 0 saturated heterocycles. The van der Waals surface area contributed by atoms with Crippen LogP contribution in [0.15, 0.2) is 17.5 Å². The van der Waals surface area contributed by atoms with E-state index >= 15 is 0 Å². The molecule has 6 heteroatoms. The maximum absolute atomic E-state index is 11.7. The van der Waals surface area contributed by atoms with Crippen molar-refractivity contribution in [3.8, 4) is 0 Å². The van der Waals surface area contributed by atoms with Crippen molar-refractivity contribution in [2.45, 2.75) is 12.8 Å². The van der Waals surface area contributed by atoms with Crippen molar-refractivity contribution in [3.05, 3.63) is 22.4 Å². The fourth-order valence-electron chi connectivity index (χ4n) is 1.25. The first-order valence-corrected chi connectivity index (χ1v) is 8.11. The van der Waals surface area contributed by atoms with E-state index in [9.17, 15) is 8.42 Å². The number of hydrogen-bond donors (Lipinski definition) is 0. The van der Waals surface area contributed by atoms with E-state index < -0.39 is 10.0 Å². The Morgan fingerprint density at radius 1 is 1.50 bits per heavy atom. The maximum atomic E-state index is 11.7. The second-order valence-corrected chi connectivity index (χ2v) is 7.12. The zero-order valence-electron chi connectivity index (χ0n) is 9.23. The summed E-state index contributed by atoms with van der Waals surface area (Å²) in [5.41, 5.74) is 0. The van der Waals surface area contributed by atoms with Gasteiger partial charge in [0.05, 0.1) is 5.75 Å². The van der Waals surface area contributed by atoms with E-state index in [4.69, 9.17) is 11.6 Å². The molecule has 0 aromatic carbocycles. The molecule has 0 aliphatic carbocycles. The van der Waals surface area contributed by atoms with Crippen LogP contribution in [0.4, 0.5) is 0 Å². The van der Waals surface area contributed by atoms with Gasteiger partial charge in [-0.3, -0.25) is 0 Å². The van der Waals surface area contributed by atoms with E-state index in [0.29, 0.717) is 18.8 Å². The average Bonchev–Trinajstić information content (AvgIpc) is 2.75. The lowest BCUT2D eigenvalue weighted by Gasteiger charge is -2.16. The number of hydrogen-bond acceptors (Lipinski definition) is 3. The summed E-state index contributed by atoms with van der Waals surface area (Å²) in [6, 6.07) is 3.99. The number of alkyl halides is 1. The van der Waals surface area contributed by atoms with Crippen LogP contribution in [0.5, 0.6) is 0 Å². The standard InChI is InChI=1S/C10H16ClNO2S2/c1-12(16(13,14)9-3-6-11)7-5-10-4-2-8-15-10/h2,4,8H,3,5-7,9H2,1H3. The number of thiophene rings is 1. The van der Waals surface area contributed by atoms with Crippen molar-refractivity contribution in [2.75, 3.05) is 25.2 Å². The lowest BCUT2D eigenvalue weighted by Crippen LogP contribution is -2.31. The molecular formula is C10H16ClNO2S2. The summed E-state index contributed by atoms with van der Waals surface area (Å²) in [4.78, 5) is 1.21. The number of likely N-dealkylation sites (N-methyl/N-ethyl adjacent to an activating group) is 1. The van der Waals surface area contributed by atoms with Crippen molar-refractivity contribution in [3.63, 3.8) is 0 Å². The first-order valence-electron chi connectivity index (χ1n) is 5.08. The highest BCUT2D eigenvalue weighted by Gasteiger charge is 2.16. The Labute approximate surface area is 106 Å². The third-order valence-electron chi connectivity index (χ3n) is 2.26. The Morgan fingerprint density at radius 3 is 2.81 bits per heavy atom. The Bertz CT molecular complexity index is 389. The molecule has 1 rings (SSSR count). The van der Waals surface area contributed by atoms with Gasteiger partial charge in [0.15, 0.2) is 0 Å². The van der Waals surface area contributed by atoms with E-state index in [1.165, 1.54) is 9.18 Å². The molecule has 0 unspecified atom stereocenters. The first kappa shape index (κ1) is 14.0. The quantitative estimate of drug-likeness (QED) is 0.719. The topological polar surface area (TPSA) is 37.4 Å². The van der Waals surface area contributed by atoms with Gasteiger partial charge in [-0.2, -0.15) is 0 Å². The Morgan fingerprint density at radius 2 is 2.25 bits per heavy atom. The highest BCUT2D eigenvalue weighted by atomic mass is 35.5. The summed E-state index contributed by atoms with van der Waals surface area (Å²) in [6.07, 6.45) is 1.28. The second kappa shape index (κ2) is 6.59. The average molecular weight is 282 g/mol. The van der Waals surface area contributed by atoms with Gasteiger partial charge in [-0.25, -0.2) is 12.7 Å². The van der Waals surface area contributed by atoms with Gasteiger partial charge in [0.1, 0.15) is 0 Å². The molecule has 0 aliphatic rings. The molecule has 0 atom stereocenters. The summed E-state index contributed by atoms with van der Waals surface area (Å²) in [7, 11) is -1.50. The van der Waals surface area contributed by atoms with Gasteiger partial charge in [-0.1, -0.05) is 6.07 Å². The fraction of sp³-hybridized carbons (Fsp3) is 0.600. The molecular weight excluding hydrogens is 266 g/mol. The van der Waals surface area contributed by atoms with Gasteiger partial charge in [-0.15, -0.1) is 22.9 Å². The van der Waals surface area contributed by atoms with Crippen LogP contribution in [-0.4, -0.2) is 37.9 Å². The zero-order chi connectivity index (χ0) is 12.0. The molecule has 0 N–H and O–H groups in total. The highest BCUT2D eigenvalue weighted by molar-refractivity contribution is 7.89. The molecule has 1 aromatic heterocycles. The van der Waals surface area contributed by atoms with Gasteiger partial charge in [-0.05, 0) is 24.3 Å². The van der Waals surface area contributed by atoms with Crippen LogP contribution in [0.3, 0.4) is 0 Å². The van der Waals surface area contributed by atoms with Crippen LogP contribution < -0.4 is 0 Å². The predicted octanol–water partition coefficient (Wildman–Crippen LogP) is 2.18. The molecule has 3 nitrogen and oxygen atoms in total. The molecule has 92 valence electrons. The smallest absolute Gasteiger partial charge is 0.212 e. The molecule has 0 aliphatic heterocycles. The Hall–Kier alpha value is -0.100. The lowest BCUT2D eigenvalue weighted by molar-refractivity contribution is 0.473. The molecule has 0 amide bonds. The van der Waals surface area contributed by atoms with Gasteiger partial charge in [0, 0.05) is 24.3 Å². The summed E-state index contributed by atoms with van der Waals surface area (Å²) < 4.78 is 24.9. The zero-order valence-corrected chi connectivity index (χ0v) is 11.6.